The Bertz CT molecular complexity index is 573. The van der Waals surface area contributed by atoms with E-state index in [1.54, 1.807) is 0 Å². The SMILES string of the molecule is Cc1ccc2nc(CCCN3CCN(C)CC3)[nH]c2c1.Cl. The Kier molecular flexibility index (Phi) is 5.62. The first-order valence-corrected chi connectivity index (χ1v) is 7.57. The number of benzene rings is 1. The summed E-state index contributed by atoms with van der Waals surface area (Å²) in [5, 5.41) is 0. The normalized spacial score (nSPS) is 17.0. The van der Waals surface area contributed by atoms with E-state index in [4.69, 9.17) is 0 Å². The molecule has 0 saturated carbocycles. The topological polar surface area (TPSA) is 35.2 Å². The van der Waals surface area contributed by atoms with Crippen LogP contribution in [0.2, 0.25) is 0 Å². The zero-order valence-electron chi connectivity index (χ0n) is 12.9. The van der Waals surface area contributed by atoms with E-state index < -0.39 is 0 Å². The van der Waals surface area contributed by atoms with Gasteiger partial charge in [0.15, 0.2) is 0 Å². The number of aromatic amines is 1. The summed E-state index contributed by atoms with van der Waals surface area (Å²) in [6.45, 7) is 8.11. The lowest BCUT2D eigenvalue weighted by Gasteiger charge is -2.32. The van der Waals surface area contributed by atoms with Crippen LogP contribution in [0.15, 0.2) is 18.2 Å². The number of hydrogen-bond donors (Lipinski definition) is 1. The van der Waals surface area contributed by atoms with Crippen LogP contribution in [-0.4, -0.2) is 59.5 Å². The zero-order valence-corrected chi connectivity index (χ0v) is 13.7. The molecule has 0 spiro atoms. The predicted molar refractivity (Wildman–Crippen MR) is 90.3 cm³/mol. The molecule has 5 heteroatoms. The molecule has 0 unspecified atom stereocenters. The standard InChI is InChI=1S/C16H24N4.ClH/c1-13-5-6-14-15(12-13)18-16(17-14)4-3-7-20-10-8-19(2)9-11-20;/h5-6,12H,3-4,7-11H2,1-2H3,(H,17,18);1H. The van der Waals surface area contributed by atoms with Crippen LogP contribution in [0.3, 0.4) is 0 Å². The molecule has 4 nitrogen and oxygen atoms in total. The van der Waals surface area contributed by atoms with Gasteiger partial charge in [0.1, 0.15) is 5.82 Å². The van der Waals surface area contributed by atoms with Crippen molar-refractivity contribution in [2.75, 3.05) is 39.8 Å². The maximum Gasteiger partial charge on any atom is 0.107 e. The molecule has 2 aromatic rings. The molecule has 0 aliphatic carbocycles. The van der Waals surface area contributed by atoms with Crippen LogP contribution >= 0.6 is 12.4 Å². The van der Waals surface area contributed by atoms with Crippen molar-refractivity contribution in [3.8, 4) is 0 Å². The largest absolute Gasteiger partial charge is 0.342 e. The van der Waals surface area contributed by atoms with Gasteiger partial charge in [-0.25, -0.2) is 4.98 Å². The van der Waals surface area contributed by atoms with Crippen molar-refractivity contribution >= 4 is 23.4 Å². The number of H-pyrrole nitrogens is 1. The molecule has 1 aromatic carbocycles. The molecule has 1 aromatic heterocycles. The minimum absolute atomic E-state index is 0. The van der Waals surface area contributed by atoms with Gasteiger partial charge < -0.3 is 14.8 Å². The summed E-state index contributed by atoms with van der Waals surface area (Å²) in [4.78, 5) is 13.1. The summed E-state index contributed by atoms with van der Waals surface area (Å²) in [5.74, 6) is 1.12. The summed E-state index contributed by atoms with van der Waals surface area (Å²) in [6, 6.07) is 6.40. The fraction of sp³-hybridized carbons (Fsp3) is 0.562. The van der Waals surface area contributed by atoms with E-state index in [-0.39, 0.29) is 12.4 Å². The van der Waals surface area contributed by atoms with E-state index in [0.29, 0.717) is 0 Å². The monoisotopic (exact) mass is 308 g/mol. The number of nitrogens with zero attached hydrogens (tertiary/aromatic N) is 3. The molecule has 1 N–H and O–H groups in total. The van der Waals surface area contributed by atoms with Gasteiger partial charge in [-0.15, -0.1) is 12.4 Å². The highest BCUT2D eigenvalue weighted by molar-refractivity contribution is 5.85. The number of aryl methyl sites for hydroxylation is 2. The summed E-state index contributed by atoms with van der Waals surface area (Å²) < 4.78 is 0. The second-order valence-corrected chi connectivity index (χ2v) is 5.95. The molecule has 3 rings (SSSR count). The van der Waals surface area contributed by atoms with E-state index in [9.17, 15) is 0 Å². The summed E-state index contributed by atoms with van der Waals surface area (Å²) in [7, 11) is 2.20. The minimum Gasteiger partial charge on any atom is -0.342 e. The third kappa shape index (κ3) is 4.19. The van der Waals surface area contributed by atoms with E-state index >= 15 is 0 Å². The molecule has 116 valence electrons. The van der Waals surface area contributed by atoms with Crippen LogP contribution in [0.5, 0.6) is 0 Å². The molecule has 21 heavy (non-hydrogen) atoms. The van der Waals surface area contributed by atoms with Gasteiger partial charge in [-0.3, -0.25) is 0 Å². The van der Waals surface area contributed by atoms with Crippen molar-refractivity contribution in [3.05, 3.63) is 29.6 Å². The van der Waals surface area contributed by atoms with Gasteiger partial charge in [0.25, 0.3) is 0 Å². The molecule has 1 saturated heterocycles. The van der Waals surface area contributed by atoms with Gasteiger partial charge in [-0.05, 0) is 44.6 Å². The molecular formula is C16H25ClN4. The van der Waals surface area contributed by atoms with Crippen molar-refractivity contribution in [1.82, 2.24) is 19.8 Å². The summed E-state index contributed by atoms with van der Waals surface area (Å²) >= 11 is 0. The second kappa shape index (κ2) is 7.25. The zero-order chi connectivity index (χ0) is 13.9. The Morgan fingerprint density at radius 2 is 1.95 bits per heavy atom. The highest BCUT2D eigenvalue weighted by Gasteiger charge is 2.13. The van der Waals surface area contributed by atoms with Crippen molar-refractivity contribution in [3.63, 3.8) is 0 Å². The first kappa shape index (κ1) is 16.3. The Morgan fingerprint density at radius 1 is 1.19 bits per heavy atom. The lowest BCUT2D eigenvalue weighted by Crippen LogP contribution is -2.44. The molecule has 0 bridgehead atoms. The highest BCUT2D eigenvalue weighted by atomic mass is 35.5. The second-order valence-electron chi connectivity index (χ2n) is 5.95. The van der Waals surface area contributed by atoms with E-state index in [1.807, 2.05) is 0 Å². The first-order valence-electron chi connectivity index (χ1n) is 7.57. The summed E-state index contributed by atoms with van der Waals surface area (Å²) in [6.07, 6.45) is 2.22. The van der Waals surface area contributed by atoms with Gasteiger partial charge in [-0.1, -0.05) is 6.07 Å². The lowest BCUT2D eigenvalue weighted by molar-refractivity contribution is 0.153. The van der Waals surface area contributed by atoms with Gasteiger partial charge in [0.05, 0.1) is 11.0 Å². The number of imidazole rings is 1. The van der Waals surface area contributed by atoms with Gasteiger partial charge in [0, 0.05) is 32.6 Å². The first-order chi connectivity index (χ1) is 9.70. The van der Waals surface area contributed by atoms with Gasteiger partial charge in [0.2, 0.25) is 0 Å². The molecule has 1 fully saturated rings. The Balaban J connectivity index is 0.00000161. The van der Waals surface area contributed by atoms with Crippen LogP contribution in [0.4, 0.5) is 0 Å². The van der Waals surface area contributed by atoms with Gasteiger partial charge in [-0.2, -0.15) is 0 Å². The van der Waals surface area contributed by atoms with E-state index in [0.717, 1.165) is 17.8 Å². The lowest BCUT2D eigenvalue weighted by atomic mass is 10.2. The number of rotatable bonds is 4. The third-order valence-corrected chi connectivity index (χ3v) is 4.17. The number of fused-ring (bicyclic) bond motifs is 1. The number of piperazine rings is 1. The maximum absolute atomic E-state index is 4.67. The maximum atomic E-state index is 4.67. The number of halogens is 1. The molecule has 0 radical (unpaired) electrons. The Hall–Kier alpha value is -1.10. The van der Waals surface area contributed by atoms with Crippen LogP contribution in [-0.2, 0) is 6.42 Å². The predicted octanol–water partition coefficient (Wildman–Crippen LogP) is 2.47. The number of nitrogens with one attached hydrogen (secondary N) is 1. The number of aromatic nitrogens is 2. The van der Waals surface area contributed by atoms with Crippen LogP contribution in [0.25, 0.3) is 11.0 Å². The number of hydrogen-bond acceptors (Lipinski definition) is 3. The van der Waals surface area contributed by atoms with Crippen molar-refractivity contribution < 1.29 is 0 Å². The third-order valence-electron chi connectivity index (χ3n) is 4.17. The Morgan fingerprint density at radius 3 is 2.71 bits per heavy atom. The van der Waals surface area contributed by atoms with Crippen molar-refractivity contribution in [2.45, 2.75) is 19.8 Å². The molecular weight excluding hydrogens is 284 g/mol. The average molecular weight is 309 g/mol. The molecule has 0 amide bonds. The quantitative estimate of drug-likeness (QED) is 0.942. The number of likely N-dealkylation sites (N-methyl/N-ethyl adjacent to an activating group) is 1. The van der Waals surface area contributed by atoms with Crippen molar-refractivity contribution in [1.29, 1.82) is 0 Å². The average Bonchev–Trinajstić information content (AvgIpc) is 2.83. The minimum atomic E-state index is 0. The van der Waals surface area contributed by atoms with Crippen LogP contribution < -0.4 is 0 Å². The fourth-order valence-corrected chi connectivity index (χ4v) is 2.84. The molecule has 0 atom stereocenters. The van der Waals surface area contributed by atoms with E-state index in [2.05, 4.69) is 51.9 Å². The molecule has 2 heterocycles. The molecule has 1 aliphatic rings. The van der Waals surface area contributed by atoms with Gasteiger partial charge >= 0.3 is 0 Å². The highest BCUT2D eigenvalue weighted by Crippen LogP contribution is 2.14. The Labute approximate surface area is 132 Å². The molecule has 1 aliphatic heterocycles. The van der Waals surface area contributed by atoms with Crippen LogP contribution in [0, 0.1) is 6.92 Å². The smallest absolute Gasteiger partial charge is 0.107 e. The fourth-order valence-electron chi connectivity index (χ4n) is 2.84. The summed E-state index contributed by atoms with van der Waals surface area (Å²) in [5.41, 5.74) is 3.54. The van der Waals surface area contributed by atoms with E-state index in [1.165, 1.54) is 50.2 Å². The van der Waals surface area contributed by atoms with Crippen LogP contribution in [0.1, 0.15) is 17.8 Å². The van der Waals surface area contributed by atoms with Crippen molar-refractivity contribution in [2.24, 2.45) is 0 Å².